The smallest absolute Gasteiger partial charge is 0.251 e. The number of amides is 2. The van der Waals surface area contributed by atoms with Crippen LogP contribution in [0.1, 0.15) is 49.9 Å². The maximum atomic E-state index is 13.6. The van der Waals surface area contributed by atoms with E-state index in [-0.39, 0.29) is 24.8 Å². The van der Waals surface area contributed by atoms with Gasteiger partial charge in [0, 0.05) is 5.54 Å². The quantitative estimate of drug-likeness (QED) is 0.406. The summed E-state index contributed by atoms with van der Waals surface area (Å²) in [7, 11) is 0. The molecule has 1 N–H and O–H groups in total. The van der Waals surface area contributed by atoms with Crippen molar-refractivity contribution in [1.29, 1.82) is 0 Å². The van der Waals surface area contributed by atoms with Crippen molar-refractivity contribution in [2.75, 3.05) is 0 Å². The molecule has 0 saturated heterocycles. The lowest BCUT2D eigenvalue weighted by Gasteiger charge is -2.31. The van der Waals surface area contributed by atoms with E-state index in [1.54, 1.807) is 43.3 Å². The fourth-order valence-corrected chi connectivity index (χ4v) is 3.53. The van der Waals surface area contributed by atoms with Crippen molar-refractivity contribution in [3.63, 3.8) is 0 Å². The number of tetrazole rings is 1. The molecule has 0 saturated carbocycles. The van der Waals surface area contributed by atoms with E-state index in [4.69, 9.17) is 13.3 Å². The Labute approximate surface area is 202 Å². The summed E-state index contributed by atoms with van der Waals surface area (Å²) < 4.78 is 16.8. The van der Waals surface area contributed by atoms with Gasteiger partial charge in [-0.15, -0.1) is 10.2 Å². The van der Waals surface area contributed by atoms with E-state index in [1.165, 1.54) is 11.2 Å². The maximum Gasteiger partial charge on any atom is 0.251 e. The lowest BCUT2D eigenvalue weighted by Crippen LogP contribution is -2.49. The number of hydrogen-bond donors (Lipinski definition) is 1. The van der Waals surface area contributed by atoms with Gasteiger partial charge >= 0.3 is 0 Å². The Hall–Kier alpha value is -4.15. The summed E-state index contributed by atoms with van der Waals surface area (Å²) in [6.45, 7) is 8.96. The standard InChI is InChI=1S/C24H28N6O5/c1-15-8-10-18(34-15)21(23(32)25-24(3,4)5)29(13-17-7-6-12-33-17)20(31)14-30-27-22(26-28-30)19-11-9-16(2)35-19/h6-12,21H,13-14H2,1-5H3,(H,25,32)/t21-/m1/s1. The van der Waals surface area contributed by atoms with Crippen LogP contribution in [0.15, 0.2) is 55.9 Å². The van der Waals surface area contributed by atoms with Crippen LogP contribution < -0.4 is 5.32 Å². The zero-order valence-electron chi connectivity index (χ0n) is 20.3. The normalized spacial score (nSPS) is 12.5. The van der Waals surface area contributed by atoms with Gasteiger partial charge in [-0.05, 0) is 76.2 Å². The molecule has 0 unspecified atom stereocenters. The van der Waals surface area contributed by atoms with Crippen LogP contribution in [0, 0.1) is 13.8 Å². The number of aryl methyl sites for hydroxylation is 2. The number of furan rings is 3. The third-order valence-corrected chi connectivity index (χ3v) is 5.01. The SMILES string of the molecule is Cc1ccc(-c2nnn(CC(=O)N(Cc3ccco3)[C@@H](C(=O)NC(C)(C)C)c3ccc(C)o3)n2)o1. The summed E-state index contributed by atoms with van der Waals surface area (Å²) in [6, 6.07) is 9.36. The molecule has 0 aliphatic carbocycles. The van der Waals surface area contributed by atoms with Gasteiger partial charge < -0.3 is 23.5 Å². The van der Waals surface area contributed by atoms with E-state index >= 15 is 0 Å². The van der Waals surface area contributed by atoms with Crippen LogP contribution in [0.5, 0.6) is 0 Å². The molecular weight excluding hydrogens is 452 g/mol. The third kappa shape index (κ3) is 5.86. The predicted octanol–water partition coefficient (Wildman–Crippen LogP) is 3.42. The molecule has 11 nitrogen and oxygen atoms in total. The van der Waals surface area contributed by atoms with Gasteiger partial charge in [0.15, 0.2) is 11.8 Å². The molecule has 0 bridgehead atoms. The van der Waals surface area contributed by atoms with E-state index < -0.39 is 17.5 Å². The maximum absolute atomic E-state index is 13.6. The molecule has 4 aromatic heterocycles. The molecule has 35 heavy (non-hydrogen) atoms. The van der Waals surface area contributed by atoms with Crippen molar-refractivity contribution >= 4 is 11.8 Å². The number of carbonyl (C=O) groups excluding carboxylic acids is 2. The highest BCUT2D eigenvalue weighted by Crippen LogP contribution is 2.27. The highest BCUT2D eigenvalue weighted by molar-refractivity contribution is 5.88. The Morgan fingerprint density at radius 2 is 1.83 bits per heavy atom. The lowest BCUT2D eigenvalue weighted by atomic mass is 10.1. The van der Waals surface area contributed by atoms with Crippen molar-refractivity contribution in [2.45, 2.75) is 59.3 Å². The minimum absolute atomic E-state index is 0.0345. The third-order valence-electron chi connectivity index (χ3n) is 5.01. The van der Waals surface area contributed by atoms with E-state index in [9.17, 15) is 9.59 Å². The molecule has 184 valence electrons. The first-order valence-electron chi connectivity index (χ1n) is 11.1. The molecule has 0 radical (unpaired) electrons. The molecule has 11 heteroatoms. The fourth-order valence-electron chi connectivity index (χ4n) is 3.53. The summed E-state index contributed by atoms with van der Waals surface area (Å²) in [5, 5.41) is 15.2. The minimum Gasteiger partial charge on any atom is -0.467 e. The summed E-state index contributed by atoms with van der Waals surface area (Å²) >= 11 is 0. The van der Waals surface area contributed by atoms with Gasteiger partial charge in [-0.3, -0.25) is 9.59 Å². The zero-order chi connectivity index (χ0) is 25.2. The average molecular weight is 481 g/mol. The van der Waals surface area contributed by atoms with Gasteiger partial charge in [-0.25, -0.2) is 0 Å². The molecule has 4 rings (SSSR count). The predicted molar refractivity (Wildman–Crippen MR) is 124 cm³/mol. The van der Waals surface area contributed by atoms with Crippen molar-refractivity contribution in [3.8, 4) is 11.6 Å². The Morgan fingerprint density at radius 1 is 1.09 bits per heavy atom. The van der Waals surface area contributed by atoms with Gasteiger partial charge in [0.05, 0.1) is 12.8 Å². The first-order valence-corrected chi connectivity index (χ1v) is 11.1. The fraction of sp³-hybridized carbons (Fsp3) is 0.375. The second-order valence-electron chi connectivity index (χ2n) is 9.24. The van der Waals surface area contributed by atoms with Crippen LogP contribution in [-0.2, 0) is 22.7 Å². The zero-order valence-corrected chi connectivity index (χ0v) is 20.3. The van der Waals surface area contributed by atoms with Gasteiger partial charge in [-0.2, -0.15) is 4.80 Å². The topological polar surface area (TPSA) is 132 Å². The molecule has 0 spiro atoms. The van der Waals surface area contributed by atoms with Crippen LogP contribution in [0.25, 0.3) is 11.6 Å². The number of nitrogens with zero attached hydrogens (tertiary/aromatic N) is 5. The average Bonchev–Trinajstić information content (AvgIpc) is 3.55. The van der Waals surface area contributed by atoms with E-state index in [2.05, 4.69) is 20.7 Å². The van der Waals surface area contributed by atoms with E-state index in [0.29, 0.717) is 28.8 Å². The molecule has 0 fully saturated rings. The van der Waals surface area contributed by atoms with Crippen LogP contribution in [0.4, 0.5) is 0 Å². The second kappa shape index (κ2) is 9.61. The van der Waals surface area contributed by atoms with Gasteiger partial charge in [0.2, 0.25) is 11.7 Å². The first-order chi connectivity index (χ1) is 16.6. The molecule has 2 amide bonds. The Kier molecular flexibility index (Phi) is 6.59. The molecule has 1 atom stereocenters. The van der Waals surface area contributed by atoms with Crippen LogP contribution >= 0.6 is 0 Å². The van der Waals surface area contributed by atoms with Gasteiger partial charge in [0.25, 0.3) is 5.91 Å². The number of carbonyl (C=O) groups is 2. The minimum atomic E-state index is -1.05. The van der Waals surface area contributed by atoms with Crippen LogP contribution in [-0.4, -0.2) is 42.5 Å². The van der Waals surface area contributed by atoms with Crippen molar-refractivity contribution in [1.82, 2.24) is 30.4 Å². The van der Waals surface area contributed by atoms with Gasteiger partial charge in [-0.1, -0.05) is 0 Å². The monoisotopic (exact) mass is 480 g/mol. The second-order valence-corrected chi connectivity index (χ2v) is 9.24. The largest absolute Gasteiger partial charge is 0.467 e. The van der Waals surface area contributed by atoms with Crippen LogP contribution in [0.2, 0.25) is 0 Å². The lowest BCUT2D eigenvalue weighted by molar-refractivity contribution is -0.144. The summed E-state index contributed by atoms with van der Waals surface area (Å²) in [5.41, 5.74) is -0.528. The highest BCUT2D eigenvalue weighted by Gasteiger charge is 2.36. The van der Waals surface area contributed by atoms with Crippen molar-refractivity contribution in [3.05, 3.63) is 65.7 Å². The summed E-state index contributed by atoms with van der Waals surface area (Å²) in [6.07, 6.45) is 1.51. The summed E-state index contributed by atoms with van der Waals surface area (Å²) in [5.74, 6) is 2.06. The number of aromatic nitrogens is 4. The number of rotatable bonds is 8. The number of nitrogens with one attached hydrogen (secondary N) is 1. The van der Waals surface area contributed by atoms with E-state index in [1.807, 2.05) is 27.7 Å². The molecule has 0 aromatic carbocycles. The Balaban J connectivity index is 1.65. The van der Waals surface area contributed by atoms with E-state index in [0.717, 1.165) is 4.80 Å². The summed E-state index contributed by atoms with van der Waals surface area (Å²) in [4.78, 5) is 29.6. The highest BCUT2D eigenvalue weighted by atomic mass is 16.3. The molecule has 4 aromatic rings. The van der Waals surface area contributed by atoms with Crippen LogP contribution in [0.3, 0.4) is 0 Å². The molecular formula is C24H28N6O5. The van der Waals surface area contributed by atoms with Crippen molar-refractivity contribution < 1.29 is 22.8 Å². The molecule has 0 aliphatic heterocycles. The Morgan fingerprint density at radius 3 is 2.43 bits per heavy atom. The Bertz CT molecular complexity index is 1290. The number of hydrogen-bond acceptors (Lipinski definition) is 8. The first kappa shape index (κ1) is 24.0. The van der Waals surface area contributed by atoms with Crippen molar-refractivity contribution in [2.24, 2.45) is 0 Å². The molecule has 0 aliphatic rings. The molecule has 4 heterocycles. The van der Waals surface area contributed by atoms with Gasteiger partial charge in [0.1, 0.15) is 29.6 Å².